The maximum atomic E-state index is 11.3. The van der Waals surface area contributed by atoms with Gasteiger partial charge in [0.2, 0.25) is 0 Å². The molecule has 34 heavy (non-hydrogen) atoms. The Kier molecular flexibility index (Phi) is 5.56. The van der Waals surface area contributed by atoms with Gasteiger partial charge in [0.15, 0.2) is 0 Å². The molecule has 0 N–H and O–H groups in total. The van der Waals surface area contributed by atoms with Gasteiger partial charge in [0.1, 0.15) is 11.5 Å². The van der Waals surface area contributed by atoms with Gasteiger partial charge in [-0.15, -0.1) is 0 Å². The normalized spacial score (nSPS) is 10.9. The third-order valence-electron chi connectivity index (χ3n) is 5.74. The lowest BCUT2D eigenvalue weighted by Gasteiger charge is -2.18. The number of ether oxygens (including phenoxy) is 2. The van der Waals surface area contributed by atoms with Crippen LogP contribution in [-0.4, -0.2) is 11.9 Å². The highest BCUT2D eigenvalue weighted by atomic mass is 16.5. The summed E-state index contributed by atoms with van der Waals surface area (Å²) in [4.78, 5) is 22.6. The maximum absolute atomic E-state index is 11.3. The van der Waals surface area contributed by atoms with E-state index in [1.807, 2.05) is 72.8 Å². The van der Waals surface area contributed by atoms with Crippen molar-refractivity contribution in [1.82, 2.24) is 0 Å². The Bertz CT molecular complexity index is 1360. The fourth-order valence-corrected chi connectivity index (χ4v) is 4.46. The Labute approximate surface area is 197 Å². The zero-order valence-electron chi connectivity index (χ0n) is 18.9. The molecular weight excluding hydrogens is 424 g/mol. The van der Waals surface area contributed by atoms with Crippen molar-refractivity contribution in [3.8, 4) is 33.8 Å². The summed E-state index contributed by atoms with van der Waals surface area (Å²) in [5, 5.41) is 4.50. The topological polar surface area (TPSA) is 52.6 Å². The zero-order valence-corrected chi connectivity index (χ0v) is 18.9. The number of carbonyl (C=O) groups excluding carboxylic acids is 2. The predicted molar refractivity (Wildman–Crippen MR) is 135 cm³/mol. The van der Waals surface area contributed by atoms with Gasteiger partial charge in [-0.3, -0.25) is 9.59 Å². The minimum atomic E-state index is -0.340. The molecule has 166 valence electrons. The summed E-state index contributed by atoms with van der Waals surface area (Å²) >= 11 is 0. The third-order valence-corrected chi connectivity index (χ3v) is 5.74. The average Bonchev–Trinajstić information content (AvgIpc) is 2.83. The van der Waals surface area contributed by atoms with Gasteiger partial charge in [-0.05, 0) is 68.1 Å². The highest BCUT2D eigenvalue weighted by Crippen LogP contribution is 2.43. The van der Waals surface area contributed by atoms with Crippen LogP contribution in [0.25, 0.3) is 43.8 Å². The Morgan fingerprint density at radius 2 is 0.765 bits per heavy atom. The molecule has 5 aromatic carbocycles. The van der Waals surface area contributed by atoms with Gasteiger partial charge in [-0.1, -0.05) is 72.8 Å². The standard InChI is InChI=1S/C30H22O4/c1-19(31)33-23-15-11-21(12-16-23)29-25-7-3-5-9-27(25)30(28-10-6-4-8-26(28)29)22-13-17-24(18-14-22)34-20(2)32/h3-18H,1-2H3. The highest BCUT2D eigenvalue weighted by Gasteiger charge is 2.16. The molecule has 5 rings (SSSR count). The molecule has 5 aromatic rings. The highest BCUT2D eigenvalue weighted by molar-refractivity contribution is 6.21. The maximum Gasteiger partial charge on any atom is 0.308 e. The number of fused-ring (bicyclic) bond motifs is 2. The number of carbonyl (C=O) groups is 2. The fourth-order valence-electron chi connectivity index (χ4n) is 4.46. The predicted octanol–water partition coefficient (Wildman–Crippen LogP) is 7.18. The molecule has 0 heterocycles. The first kappa shape index (κ1) is 21.4. The minimum absolute atomic E-state index is 0.340. The van der Waals surface area contributed by atoms with Gasteiger partial charge in [0.05, 0.1) is 0 Å². The quantitative estimate of drug-likeness (QED) is 0.167. The molecule has 0 radical (unpaired) electrons. The smallest absolute Gasteiger partial charge is 0.308 e. The molecule has 4 nitrogen and oxygen atoms in total. The van der Waals surface area contributed by atoms with Crippen LogP contribution in [0.1, 0.15) is 13.8 Å². The lowest BCUT2D eigenvalue weighted by molar-refractivity contribution is -0.132. The molecule has 0 amide bonds. The summed E-state index contributed by atoms with van der Waals surface area (Å²) < 4.78 is 10.4. The van der Waals surface area contributed by atoms with Gasteiger partial charge in [0.25, 0.3) is 0 Å². The summed E-state index contributed by atoms with van der Waals surface area (Å²) in [6.45, 7) is 2.79. The van der Waals surface area contributed by atoms with Gasteiger partial charge >= 0.3 is 11.9 Å². The Hall–Kier alpha value is -4.44. The van der Waals surface area contributed by atoms with E-state index in [0.717, 1.165) is 43.8 Å². The molecular formula is C30H22O4. The van der Waals surface area contributed by atoms with E-state index in [-0.39, 0.29) is 11.9 Å². The third kappa shape index (κ3) is 4.02. The van der Waals surface area contributed by atoms with Gasteiger partial charge in [-0.25, -0.2) is 0 Å². The van der Waals surface area contributed by atoms with Crippen LogP contribution in [-0.2, 0) is 9.59 Å². The average molecular weight is 447 g/mol. The molecule has 4 heteroatoms. The van der Waals surface area contributed by atoms with Crippen LogP contribution in [0.4, 0.5) is 0 Å². The van der Waals surface area contributed by atoms with Gasteiger partial charge in [0, 0.05) is 13.8 Å². The van der Waals surface area contributed by atoms with Crippen LogP contribution in [0, 0.1) is 0 Å². The minimum Gasteiger partial charge on any atom is -0.427 e. The van der Waals surface area contributed by atoms with Crippen LogP contribution >= 0.6 is 0 Å². The van der Waals surface area contributed by atoms with E-state index in [1.165, 1.54) is 13.8 Å². The fraction of sp³-hybridized carbons (Fsp3) is 0.0667. The number of benzene rings is 5. The number of rotatable bonds is 4. The van der Waals surface area contributed by atoms with Crippen molar-refractivity contribution in [2.75, 3.05) is 0 Å². The molecule has 0 bridgehead atoms. The molecule has 0 spiro atoms. The second-order valence-corrected chi connectivity index (χ2v) is 8.08. The van der Waals surface area contributed by atoms with Crippen LogP contribution in [0.3, 0.4) is 0 Å². The summed E-state index contributed by atoms with van der Waals surface area (Å²) in [7, 11) is 0. The van der Waals surface area contributed by atoms with Crippen LogP contribution in [0.2, 0.25) is 0 Å². The molecule has 0 saturated carbocycles. The zero-order chi connectivity index (χ0) is 23.7. The SMILES string of the molecule is CC(=O)Oc1ccc(-c2c3ccccc3c(-c3ccc(OC(C)=O)cc3)c3ccccc23)cc1. The molecule has 0 aromatic heterocycles. The van der Waals surface area contributed by atoms with Crippen molar-refractivity contribution < 1.29 is 19.1 Å². The van der Waals surface area contributed by atoms with E-state index in [4.69, 9.17) is 9.47 Å². The Balaban J connectivity index is 1.75. The van der Waals surface area contributed by atoms with Crippen molar-refractivity contribution in [3.05, 3.63) is 97.1 Å². The van der Waals surface area contributed by atoms with E-state index in [9.17, 15) is 9.59 Å². The molecule has 0 unspecified atom stereocenters. The van der Waals surface area contributed by atoms with E-state index in [0.29, 0.717) is 11.5 Å². The van der Waals surface area contributed by atoms with E-state index >= 15 is 0 Å². The van der Waals surface area contributed by atoms with Crippen LogP contribution in [0.5, 0.6) is 11.5 Å². The van der Waals surface area contributed by atoms with Crippen LogP contribution in [0.15, 0.2) is 97.1 Å². The molecule has 0 fully saturated rings. The molecule has 0 aliphatic carbocycles. The largest absolute Gasteiger partial charge is 0.427 e. The van der Waals surface area contributed by atoms with Crippen molar-refractivity contribution in [3.63, 3.8) is 0 Å². The first-order valence-electron chi connectivity index (χ1n) is 11.0. The van der Waals surface area contributed by atoms with Crippen molar-refractivity contribution >= 4 is 33.5 Å². The Morgan fingerprint density at radius 1 is 0.471 bits per heavy atom. The van der Waals surface area contributed by atoms with Gasteiger partial charge in [-0.2, -0.15) is 0 Å². The first-order valence-corrected chi connectivity index (χ1v) is 11.0. The lowest BCUT2D eigenvalue weighted by Crippen LogP contribution is -2.01. The molecule has 0 atom stereocenters. The monoisotopic (exact) mass is 446 g/mol. The second-order valence-electron chi connectivity index (χ2n) is 8.08. The molecule has 0 aliphatic heterocycles. The van der Waals surface area contributed by atoms with Gasteiger partial charge < -0.3 is 9.47 Å². The summed E-state index contributed by atoms with van der Waals surface area (Å²) in [6, 6.07) is 31.9. The number of hydrogen-bond acceptors (Lipinski definition) is 4. The van der Waals surface area contributed by atoms with E-state index < -0.39 is 0 Å². The summed E-state index contributed by atoms with van der Waals surface area (Å²) in [5.41, 5.74) is 4.34. The second kappa shape index (κ2) is 8.83. The van der Waals surface area contributed by atoms with Crippen molar-refractivity contribution in [2.24, 2.45) is 0 Å². The summed E-state index contributed by atoms with van der Waals surface area (Å²) in [6.07, 6.45) is 0. The first-order chi connectivity index (χ1) is 16.5. The lowest BCUT2D eigenvalue weighted by atomic mass is 9.86. The molecule has 0 aliphatic rings. The van der Waals surface area contributed by atoms with Crippen molar-refractivity contribution in [1.29, 1.82) is 0 Å². The Morgan fingerprint density at radius 3 is 1.03 bits per heavy atom. The number of hydrogen-bond donors (Lipinski definition) is 0. The van der Waals surface area contributed by atoms with E-state index in [2.05, 4.69) is 24.3 Å². The number of esters is 2. The van der Waals surface area contributed by atoms with Crippen LogP contribution < -0.4 is 9.47 Å². The van der Waals surface area contributed by atoms with Crippen molar-refractivity contribution in [2.45, 2.75) is 13.8 Å². The molecule has 0 saturated heterocycles. The summed E-state index contributed by atoms with van der Waals surface area (Å²) in [5.74, 6) is 0.365. The van der Waals surface area contributed by atoms with E-state index in [1.54, 1.807) is 0 Å².